The van der Waals surface area contributed by atoms with Crippen LogP contribution < -0.4 is 5.32 Å². The molecule has 1 nitrogen and oxygen atoms in total. The summed E-state index contributed by atoms with van der Waals surface area (Å²) >= 11 is 0. The van der Waals surface area contributed by atoms with Gasteiger partial charge in [-0.25, -0.2) is 87.8 Å². The second-order valence-corrected chi connectivity index (χ2v) is 13.5. The van der Waals surface area contributed by atoms with E-state index in [0.717, 1.165) is 0 Å². The fourth-order valence-electron chi connectivity index (χ4n) is 8.53. The Morgan fingerprint density at radius 2 is 0.614 bits per heavy atom. The SMILES string of the molecule is Fc1c(F)c(F)c(C2CCCC(NC3CCCCC3)(c3c(F)c(F)c(F)c(F)c3F)C2(c2c(F)c(F)c(F)c(F)c2F)c2c(F)c(F)c(F)c(F)c2F)c(F)c1F. The molecule has 0 heterocycles. The van der Waals surface area contributed by atoms with Gasteiger partial charge < -0.3 is 5.32 Å². The van der Waals surface area contributed by atoms with E-state index in [2.05, 4.69) is 5.32 Å². The lowest BCUT2D eigenvalue weighted by Gasteiger charge is -2.60. The predicted octanol–water partition coefficient (Wildman–Crippen LogP) is 11.5. The van der Waals surface area contributed by atoms with Crippen molar-refractivity contribution < 1.29 is 87.8 Å². The van der Waals surface area contributed by atoms with Gasteiger partial charge in [-0.1, -0.05) is 25.7 Å². The second kappa shape index (κ2) is 14.7. The third-order valence-electron chi connectivity index (χ3n) is 10.7. The Balaban J connectivity index is 2.07. The molecule has 2 unspecified atom stereocenters. The Morgan fingerprint density at radius 3 is 0.965 bits per heavy atom. The Kier molecular flexibility index (Phi) is 10.8. The van der Waals surface area contributed by atoms with Crippen molar-refractivity contribution in [3.63, 3.8) is 0 Å². The molecule has 0 spiro atoms. The van der Waals surface area contributed by atoms with E-state index in [1.54, 1.807) is 0 Å². The molecule has 2 aliphatic carbocycles. The summed E-state index contributed by atoms with van der Waals surface area (Å²) in [7, 11) is 0. The van der Waals surface area contributed by atoms with Gasteiger partial charge in [0.1, 0.15) is 0 Å². The number of halogens is 20. The minimum Gasteiger partial charge on any atom is -0.303 e. The highest BCUT2D eigenvalue weighted by molar-refractivity contribution is 5.57. The summed E-state index contributed by atoms with van der Waals surface area (Å²) in [6.45, 7) is 0. The zero-order valence-corrected chi connectivity index (χ0v) is 27.9. The highest BCUT2D eigenvalue weighted by Gasteiger charge is 2.69. The molecule has 4 aromatic rings. The summed E-state index contributed by atoms with van der Waals surface area (Å²) in [5.74, 6) is -67.1. The molecular weight excluding hydrogens is 826 g/mol. The van der Waals surface area contributed by atoms with Gasteiger partial charge >= 0.3 is 0 Å². The molecule has 4 aromatic carbocycles. The van der Waals surface area contributed by atoms with Crippen LogP contribution in [0, 0.1) is 116 Å². The normalized spacial score (nSPS) is 20.1. The molecule has 0 amide bonds. The van der Waals surface area contributed by atoms with E-state index in [1.165, 1.54) is 0 Å². The van der Waals surface area contributed by atoms with Gasteiger partial charge in [0.15, 0.2) is 93.1 Å². The maximum Gasteiger partial charge on any atom is 0.200 e. The zero-order valence-electron chi connectivity index (χ0n) is 27.9. The van der Waals surface area contributed by atoms with Crippen LogP contribution in [0.3, 0.4) is 0 Å². The maximum absolute atomic E-state index is 16.6. The molecular formula is C36H19F20N. The molecule has 1 N–H and O–H groups in total. The monoisotopic (exact) mass is 845 g/mol. The van der Waals surface area contributed by atoms with Crippen LogP contribution in [0.5, 0.6) is 0 Å². The Bertz CT molecular complexity index is 2150. The van der Waals surface area contributed by atoms with Gasteiger partial charge in [0.2, 0.25) is 23.3 Å². The first-order valence-corrected chi connectivity index (χ1v) is 16.5. The molecule has 2 fully saturated rings. The minimum absolute atomic E-state index is 0.0178. The summed E-state index contributed by atoms with van der Waals surface area (Å²) in [6.07, 6.45) is -4.87. The standard InChI is InChI=1S/C36H19F20N/c37-15-11(16(38)24(46)31(53)23(15)45)10-7-4-8-35(57-9-5-2-1-3-6-9,12-17(39)25(47)32(54)26(48)18(12)40)36(10,13-19(41)27(49)33(55)28(50)20(13)42)14-21(43)29(51)34(56)30(52)22(14)44/h9-10,57H,1-8H2. The average Bonchev–Trinajstić information content (AvgIpc) is 3.19. The van der Waals surface area contributed by atoms with E-state index in [4.69, 9.17) is 0 Å². The van der Waals surface area contributed by atoms with Crippen LogP contribution in [0.15, 0.2) is 0 Å². The third-order valence-corrected chi connectivity index (χ3v) is 10.7. The number of nitrogens with one attached hydrogen (secondary N) is 1. The molecule has 0 aliphatic heterocycles. The van der Waals surface area contributed by atoms with Crippen LogP contribution in [-0.4, -0.2) is 6.04 Å². The highest BCUT2D eigenvalue weighted by Crippen LogP contribution is 2.66. The van der Waals surface area contributed by atoms with Crippen molar-refractivity contribution in [1.82, 2.24) is 5.32 Å². The Hall–Kier alpha value is -4.56. The van der Waals surface area contributed by atoms with Crippen LogP contribution in [0.25, 0.3) is 0 Å². The van der Waals surface area contributed by atoms with E-state index in [9.17, 15) is 17.6 Å². The van der Waals surface area contributed by atoms with Gasteiger partial charge in [-0.3, -0.25) is 0 Å². The molecule has 6 rings (SSSR count). The lowest BCUT2D eigenvalue weighted by molar-refractivity contribution is 0.0595. The quantitative estimate of drug-likeness (QED) is 0.116. The Morgan fingerprint density at radius 1 is 0.316 bits per heavy atom. The van der Waals surface area contributed by atoms with Gasteiger partial charge in [0.05, 0.1) is 16.5 Å². The van der Waals surface area contributed by atoms with Gasteiger partial charge in [-0.05, 0) is 25.7 Å². The van der Waals surface area contributed by atoms with Crippen LogP contribution in [0.2, 0.25) is 0 Å². The largest absolute Gasteiger partial charge is 0.303 e. The molecule has 2 aliphatic rings. The van der Waals surface area contributed by atoms with Crippen molar-refractivity contribution in [1.29, 1.82) is 0 Å². The van der Waals surface area contributed by atoms with E-state index < -0.39 is 181 Å². The summed E-state index contributed by atoms with van der Waals surface area (Å²) in [4.78, 5) is 0. The molecule has 0 bridgehead atoms. The highest BCUT2D eigenvalue weighted by atomic mass is 19.2. The van der Waals surface area contributed by atoms with E-state index in [1.807, 2.05) is 0 Å². The number of benzene rings is 4. The number of hydrogen-bond donors (Lipinski definition) is 1. The van der Waals surface area contributed by atoms with Crippen molar-refractivity contribution >= 4 is 0 Å². The lowest BCUT2D eigenvalue weighted by Crippen LogP contribution is -2.67. The summed E-state index contributed by atoms with van der Waals surface area (Å²) in [6, 6.07) is -1.62. The van der Waals surface area contributed by atoms with E-state index in [-0.39, 0.29) is 25.7 Å². The smallest absolute Gasteiger partial charge is 0.200 e. The van der Waals surface area contributed by atoms with Crippen LogP contribution in [0.4, 0.5) is 87.8 Å². The van der Waals surface area contributed by atoms with Crippen LogP contribution in [0.1, 0.15) is 79.5 Å². The third kappa shape index (κ3) is 5.71. The second-order valence-electron chi connectivity index (χ2n) is 13.5. The van der Waals surface area contributed by atoms with Crippen molar-refractivity contribution in [2.24, 2.45) is 0 Å². The first-order valence-electron chi connectivity index (χ1n) is 16.5. The molecule has 0 radical (unpaired) electrons. The van der Waals surface area contributed by atoms with Crippen molar-refractivity contribution in [2.75, 3.05) is 0 Å². The zero-order chi connectivity index (χ0) is 42.4. The predicted molar refractivity (Wildman–Crippen MR) is 154 cm³/mol. The summed E-state index contributed by atoms with van der Waals surface area (Å²) in [5.41, 5.74) is -20.5. The van der Waals surface area contributed by atoms with Gasteiger partial charge in [-0.15, -0.1) is 0 Å². The first kappa shape index (κ1) is 42.1. The minimum atomic E-state index is -5.09. The van der Waals surface area contributed by atoms with Gasteiger partial charge in [0, 0.05) is 28.7 Å². The van der Waals surface area contributed by atoms with E-state index in [0.29, 0.717) is 6.42 Å². The molecule has 0 aromatic heterocycles. The van der Waals surface area contributed by atoms with Crippen LogP contribution >= 0.6 is 0 Å². The molecule has 308 valence electrons. The molecule has 0 saturated heterocycles. The molecule has 21 heteroatoms. The van der Waals surface area contributed by atoms with Crippen LogP contribution in [-0.2, 0) is 11.0 Å². The fraction of sp³-hybridized carbons (Fsp3) is 0.333. The first-order chi connectivity index (χ1) is 26.6. The summed E-state index contributed by atoms with van der Waals surface area (Å²) in [5, 5.41) is 2.14. The topological polar surface area (TPSA) is 12.0 Å². The molecule has 2 atom stereocenters. The summed E-state index contributed by atoms with van der Waals surface area (Å²) < 4.78 is 312. The molecule has 57 heavy (non-hydrogen) atoms. The van der Waals surface area contributed by atoms with E-state index >= 15 is 70.2 Å². The number of hydrogen-bond acceptors (Lipinski definition) is 1. The Labute approximate surface area is 306 Å². The average molecular weight is 846 g/mol. The van der Waals surface area contributed by atoms with Crippen molar-refractivity contribution in [3.05, 3.63) is 139 Å². The van der Waals surface area contributed by atoms with Gasteiger partial charge in [-0.2, -0.15) is 0 Å². The van der Waals surface area contributed by atoms with Crippen molar-refractivity contribution in [2.45, 2.75) is 74.3 Å². The van der Waals surface area contributed by atoms with Gasteiger partial charge in [0.25, 0.3) is 0 Å². The molecule has 2 saturated carbocycles. The maximum atomic E-state index is 16.6. The fourth-order valence-corrected chi connectivity index (χ4v) is 8.53. The lowest BCUT2D eigenvalue weighted by atomic mass is 9.46. The number of rotatable bonds is 6. The van der Waals surface area contributed by atoms with Crippen molar-refractivity contribution in [3.8, 4) is 0 Å².